The van der Waals surface area contributed by atoms with Crippen molar-refractivity contribution in [3.8, 4) is 11.5 Å². The SMILES string of the molecule is C[C@@H](C(=O)N(Cc1ccc2c(c1)OCO2)c1ccccc1)n1cccn1. The van der Waals surface area contributed by atoms with Crippen molar-refractivity contribution in [2.45, 2.75) is 19.5 Å². The number of hydrogen-bond acceptors (Lipinski definition) is 4. The molecule has 3 aromatic rings. The van der Waals surface area contributed by atoms with Crippen molar-refractivity contribution in [3.05, 3.63) is 72.6 Å². The van der Waals surface area contributed by atoms with Gasteiger partial charge in [-0.2, -0.15) is 5.10 Å². The molecule has 1 aliphatic heterocycles. The normalized spacial score (nSPS) is 13.4. The molecule has 0 saturated heterocycles. The number of carbonyl (C=O) groups is 1. The zero-order valence-electron chi connectivity index (χ0n) is 14.4. The number of benzene rings is 2. The zero-order valence-corrected chi connectivity index (χ0v) is 14.4. The first-order valence-electron chi connectivity index (χ1n) is 8.46. The molecule has 1 amide bonds. The van der Waals surface area contributed by atoms with E-state index < -0.39 is 6.04 Å². The molecular formula is C20H19N3O3. The number of carbonyl (C=O) groups excluding carboxylic acids is 1. The minimum atomic E-state index is -0.404. The summed E-state index contributed by atoms with van der Waals surface area (Å²) in [5.74, 6) is 1.41. The van der Waals surface area contributed by atoms with Gasteiger partial charge >= 0.3 is 0 Å². The van der Waals surface area contributed by atoms with Crippen LogP contribution in [0.1, 0.15) is 18.5 Å². The first-order chi connectivity index (χ1) is 12.7. The van der Waals surface area contributed by atoms with Crippen molar-refractivity contribution in [2.24, 2.45) is 0 Å². The molecule has 132 valence electrons. The van der Waals surface area contributed by atoms with Gasteiger partial charge in [0.15, 0.2) is 11.5 Å². The molecule has 0 fully saturated rings. The molecule has 0 unspecified atom stereocenters. The molecule has 0 saturated carbocycles. The van der Waals surface area contributed by atoms with Gasteiger partial charge in [0, 0.05) is 18.1 Å². The number of aromatic nitrogens is 2. The summed E-state index contributed by atoms with van der Waals surface area (Å²) in [4.78, 5) is 15.0. The zero-order chi connectivity index (χ0) is 17.9. The number of para-hydroxylation sites is 1. The number of ether oxygens (including phenoxy) is 2. The minimum Gasteiger partial charge on any atom is -0.454 e. The average Bonchev–Trinajstić information content (AvgIpc) is 3.37. The Hall–Kier alpha value is -3.28. The molecule has 1 aromatic heterocycles. The lowest BCUT2D eigenvalue weighted by Crippen LogP contribution is -2.36. The molecule has 0 radical (unpaired) electrons. The van der Waals surface area contributed by atoms with Crippen LogP contribution in [0.5, 0.6) is 11.5 Å². The fourth-order valence-corrected chi connectivity index (χ4v) is 2.97. The molecule has 1 aliphatic rings. The Morgan fingerprint density at radius 1 is 1.15 bits per heavy atom. The van der Waals surface area contributed by atoms with Gasteiger partial charge in [0.2, 0.25) is 6.79 Å². The van der Waals surface area contributed by atoms with Crippen molar-refractivity contribution in [1.29, 1.82) is 0 Å². The monoisotopic (exact) mass is 349 g/mol. The van der Waals surface area contributed by atoms with E-state index in [0.717, 1.165) is 17.0 Å². The molecular weight excluding hydrogens is 330 g/mol. The van der Waals surface area contributed by atoms with E-state index >= 15 is 0 Å². The summed E-state index contributed by atoms with van der Waals surface area (Å²) in [6.07, 6.45) is 3.47. The molecule has 2 heterocycles. The summed E-state index contributed by atoms with van der Waals surface area (Å²) in [7, 11) is 0. The second-order valence-electron chi connectivity index (χ2n) is 6.11. The Labute approximate surface area is 151 Å². The van der Waals surface area contributed by atoms with Crippen LogP contribution in [0.15, 0.2) is 67.0 Å². The Morgan fingerprint density at radius 3 is 2.73 bits per heavy atom. The molecule has 6 nitrogen and oxygen atoms in total. The number of rotatable bonds is 5. The van der Waals surface area contributed by atoms with Crippen molar-refractivity contribution in [3.63, 3.8) is 0 Å². The summed E-state index contributed by atoms with van der Waals surface area (Å²) in [5.41, 5.74) is 1.81. The highest BCUT2D eigenvalue weighted by atomic mass is 16.7. The van der Waals surface area contributed by atoms with E-state index in [4.69, 9.17) is 9.47 Å². The third kappa shape index (κ3) is 3.13. The standard InChI is InChI=1S/C20H19N3O3/c1-15(23-11-5-10-21-23)20(24)22(17-6-3-2-4-7-17)13-16-8-9-18-19(12-16)26-14-25-18/h2-12,15H,13-14H2,1H3/t15-/m0/s1. The fourth-order valence-electron chi connectivity index (χ4n) is 2.97. The Morgan fingerprint density at radius 2 is 1.96 bits per heavy atom. The maximum atomic E-state index is 13.2. The van der Waals surface area contributed by atoms with Gasteiger partial charge in [0.1, 0.15) is 6.04 Å². The van der Waals surface area contributed by atoms with E-state index in [0.29, 0.717) is 12.3 Å². The topological polar surface area (TPSA) is 56.6 Å². The first-order valence-corrected chi connectivity index (χ1v) is 8.46. The Balaban J connectivity index is 1.64. The van der Waals surface area contributed by atoms with Gasteiger partial charge in [-0.25, -0.2) is 0 Å². The van der Waals surface area contributed by atoms with Crippen LogP contribution in [0.4, 0.5) is 5.69 Å². The van der Waals surface area contributed by atoms with Crippen LogP contribution in [0.3, 0.4) is 0 Å². The number of amides is 1. The highest BCUT2D eigenvalue weighted by Crippen LogP contribution is 2.33. The molecule has 26 heavy (non-hydrogen) atoms. The molecule has 0 N–H and O–H groups in total. The lowest BCUT2D eigenvalue weighted by Gasteiger charge is -2.26. The number of anilines is 1. The van der Waals surface area contributed by atoms with Gasteiger partial charge in [-0.3, -0.25) is 9.48 Å². The predicted octanol–water partition coefficient (Wildman–Crippen LogP) is 3.41. The van der Waals surface area contributed by atoms with Crippen molar-refractivity contribution < 1.29 is 14.3 Å². The Kier molecular flexibility index (Phi) is 4.31. The summed E-state index contributed by atoms with van der Waals surface area (Å²) in [5, 5.41) is 4.20. The van der Waals surface area contributed by atoms with E-state index in [2.05, 4.69) is 5.10 Å². The van der Waals surface area contributed by atoms with Crippen molar-refractivity contribution >= 4 is 11.6 Å². The number of hydrogen-bond donors (Lipinski definition) is 0. The third-order valence-corrected chi connectivity index (χ3v) is 4.39. The van der Waals surface area contributed by atoms with E-state index in [1.165, 1.54) is 0 Å². The van der Waals surface area contributed by atoms with Gasteiger partial charge in [-0.05, 0) is 42.8 Å². The van der Waals surface area contributed by atoms with Crippen molar-refractivity contribution in [2.75, 3.05) is 11.7 Å². The first kappa shape index (κ1) is 16.2. The molecule has 0 aliphatic carbocycles. The van der Waals surface area contributed by atoms with Crippen LogP contribution in [0, 0.1) is 0 Å². The van der Waals surface area contributed by atoms with Crippen LogP contribution in [-0.2, 0) is 11.3 Å². The second-order valence-corrected chi connectivity index (χ2v) is 6.11. The molecule has 1 atom stereocenters. The van der Waals surface area contributed by atoms with E-state index in [1.807, 2.05) is 61.5 Å². The van der Waals surface area contributed by atoms with E-state index in [1.54, 1.807) is 22.0 Å². The van der Waals surface area contributed by atoms with Crippen LogP contribution >= 0.6 is 0 Å². The maximum Gasteiger partial charge on any atom is 0.251 e. The van der Waals surface area contributed by atoms with E-state index in [9.17, 15) is 4.79 Å². The lowest BCUT2D eigenvalue weighted by atomic mass is 10.1. The van der Waals surface area contributed by atoms with Crippen LogP contribution < -0.4 is 14.4 Å². The van der Waals surface area contributed by atoms with Crippen LogP contribution in [0.2, 0.25) is 0 Å². The molecule has 0 bridgehead atoms. The highest BCUT2D eigenvalue weighted by molar-refractivity contribution is 5.95. The second kappa shape index (κ2) is 6.92. The van der Waals surface area contributed by atoms with Gasteiger partial charge < -0.3 is 14.4 Å². The largest absolute Gasteiger partial charge is 0.454 e. The molecule has 6 heteroatoms. The quantitative estimate of drug-likeness (QED) is 0.708. The van der Waals surface area contributed by atoms with Crippen molar-refractivity contribution in [1.82, 2.24) is 9.78 Å². The number of fused-ring (bicyclic) bond motifs is 1. The minimum absolute atomic E-state index is 0.0300. The van der Waals surface area contributed by atoms with Crippen LogP contribution in [0.25, 0.3) is 0 Å². The summed E-state index contributed by atoms with van der Waals surface area (Å²) in [6.45, 7) is 2.52. The smallest absolute Gasteiger partial charge is 0.251 e. The highest BCUT2D eigenvalue weighted by Gasteiger charge is 2.24. The third-order valence-electron chi connectivity index (χ3n) is 4.39. The predicted molar refractivity (Wildman–Crippen MR) is 97.1 cm³/mol. The summed E-state index contributed by atoms with van der Waals surface area (Å²) < 4.78 is 12.5. The van der Waals surface area contributed by atoms with Gasteiger partial charge in [0.05, 0.1) is 6.54 Å². The molecule has 4 rings (SSSR count). The van der Waals surface area contributed by atoms with Gasteiger partial charge in [-0.1, -0.05) is 24.3 Å². The van der Waals surface area contributed by atoms with E-state index in [-0.39, 0.29) is 12.7 Å². The fraction of sp³-hybridized carbons (Fsp3) is 0.200. The maximum absolute atomic E-state index is 13.2. The lowest BCUT2D eigenvalue weighted by molar-refractivity contribution is -0.121. The molecule has 2 aromatic carbocycles. The van der Waals surface area contributed by atoms with Gasteiger partial charge in [-0.15, -0.1) is 0 Å². The number of nitrogens with zero attached hydrogens (tertiary/aromatic N) is 3. The van der Waals surface area contributed by atoms with Gasteiger partial charge in [0.25, 0.3) is 5.91 Å². The van der Waals surface area contributed by atoms with Crippen LogP contribution in [-0.4, -0.2) is 22.5 Å². The summed E-state index contributed by atoms with van der Waals surface area (Å²) in [6, 6.07) is 16.8. The molecule has 0 spiro atoms. The average molecular weight is 349 g/mol. The summed E-state index contributed by atoms with van der Waals surface area (Å²) >= 11 is 0. The Bertz CT molecular complexity index is 894.